The minimum absolute atomic E-state index is 0.0416. The molecule has 0 aliphatic carbocycles. The number of likely N-dealkylation sites (N-methyl/N-ethyl adjacent to an activating group) is 1. The fraction of sp³-hybridized carbons (Fsp3) is 0.526. The van der Waals surface area contributed by atoms with Gasteiger partial charge >= 0.3 is 0 Å². The van der Waals surface area contributed by atoms with Gasteiger partial charge in [-0.3, -0.25) is 9.69 Å². The molecule has 138 valence electrons. The van der Waals surface area contributed by atoms with Crippen LogP contribution in [0.15, 0.2) is 35.2 Å². The second-order valence-electron chi connectivity index (χ2n) is 7.41. The summed E-state index contributed by atoms with van der Waals surface area (Å²) < 4.78 is 11.1. The number of nitrogens with zero attached hydrogens (tertiary/aromatic N) is 4. The largest absolute Gasteiger partial charge is 0.477 e. The van der Waals surface area contributed by atoms with Crippen LogP contribution in [0, 0.1) is 12.8 Å². The summed E-state index contributed by atoms with van der Waals surface area (Å²) in [5.41, 5.74) is 0.689. The molecular formula is C19H24N4O3. The predicted molar refractivity (Wildman–Crippen MR) is 95.0 cm³/mol. The molecule has 2 aromatic heterocycles. The normalized spacial score (nSPS) is 22.2. The first-order valence-electron chi connectivity index (χ1n) is 9.02. The van der Waals surface area contributed by atoms with Gasteiger partial charge in [-0.15, -0.1) is 0 Å². The smallest absolute Gasteiger partial charge is 0.291 e. The van der Waals surface area contributed by atoms with Crippen molar-refractivity contribution in [2.75, 3.05) is 33.3 Å². The lowest BCUT2D eigenvalue weighted by molar-refractivity contribution is -0.0703. The SMILES string of the molecule is Cc1ncoc1C(=O)N1CC2(CC(COc3ccccn3)CCN2C)C1. The molecule has 0 saturated carbocycles. The van der Waals surface area contributed by atoms with E-state index in [2.05, 4.69) is 21.9 Å². The fourth-order valence-corrected chi connectivity index (χ4v) is 4.02. The van der Waals surface area contributed by atoms with Gasteiger partial charge in [0.05, 0.1) is 17.8 Å². The van der Waals surface area contributed by atoms with Gasteiger partial charge in [0.2, 0.25) is 11.6 Å². The maximum atomic E-state index is 12.6. The highest BCUT2D eigenvalue weighted by Crippen LogP contribution is 2.39. The molecular weight excluding hydrogens is 332 g/mol. The maximum absolute atomic E-state index is 12.6. The van der Waals surface area contributed by atoms with Crippen LogP contribution < -0.4 is 4.74 Å². The van der Waals surface area contributed by atoms with Crippen molar-refractivity contribution in [2.24, 2.45) is 5.92 Å². The van der Waals surface area contributed by atoms with Crippen LogP contribution in [0.1, 0.15) is 29.1 Å². The Kier molecular flexibility index (Phi) is 4.40. The molecule has 2 aromatic rings. The summed E-state index contributed by atoms with van der Waals surface area (Å²) in [5, 5.41) is 0. The van der Waals surface area contributed by atoms with Gasteiger partial charge in [-0.1, -0.05) is 6.07 Å². The van der Waals surface area contributed by atoms with Gasteiger partial charge in [-0.25, -0.2) is 9.97 Å². The van der Waals surface area contributed by atoms with Crippen LogP contribution in [0.3, 0.4) is 0 Å². The molecule has 0 N–H and O–H groups in total. The minimum Gasteiger partial charge on any atom is -0.477 e. The minimum atomic E-state index is -0.0640. The third-order valence-electron chi connectivity index (χ3n) is 5.65. The molecule has 7 heteroatoms. The first-order chi connectivity index (χ1) is 12.6. The average Bonchev–Trinajstić information content (AvgIpc) is 3.05. The standard InChI is InChI=1S/C19H24N4O3/c1-14-17(26-13-21-14)18(24)23-11-19(12-23)9-15(6-8-22(19)2)10-25-16-5-3-4-7-20-16/h3-5,7,13,15H,6,8-12H2,1-2H3. The van der Waals surface area contributed by atoms with E-state index < -0.39 is 0 Å². The summed E-state index contributed by atoms with van der Waals surface area (Å²) in [5.74, 6) is 1.43. The molecule has 4 heterocycles. The summed E-state index contributed by atoms with van der Waals surface area (Å²) in [4.78, 5) is 25.1. The van der Waals surface area contributed by atoms with Crippen molar-refractivity contribution < 1.29 is 13.9 Å². The summed E-state index contributed by atoms with van der Waals surface area (Å²) in [6.07, 6.45) is 5.19. The van der Waals surface area contributed by atoms with Crippen molar-refractivity contribution in [3.8, 4) is 5.88 Å². The molecule has 0 radical (unpaired) electrons. The van der Waals surface area contributed by atoms with Crippen molar-refractivity contribution >= 4 is 5.91 Å². The Balaban J connectivity index is 1.36. The number of carbonyl (C=O) groups is 1. The third kappa shape index (κ3) is 3.07. The summed E-state index contributed by atoms with van der Waals surface area (Å²) in [6.45, 7) is 4.93. The lowest BCUT2D eigenvalue weighted by atomic mass is 9.75. The number of amides is 1. The quantitative estimate of drug-likeness (QED) is 0.834. The molecule has 0 bridgehead atoms. The van der Waals surface area contributed by atoms with E-state index in [1.54, 1.807) is 13.1 Å². The average molecular weight is 356 g/mol. The summed E-state index contributed by atoms with van der Waals surface area (Å²) in [6, 6.07) is 5.70. The Labute approximate surface area is 153 Å². The van der Waals surface area contributed by atoms with Gasteiger partial charge in [-0.2, -0.15) is 0 Å². The topological polar surface area (TPSA) is 71.7 Å². The Morgan fingerprint density at radius 2 is 2.23 bits per heavy atom. The molecule has 4 rings (SSSR count). The molecule has 1 spiro atoms. The predicted octanol–water partition coefficient (Wildman–Crippen LogP) is 1.99. The van der Waals surface area contributed by atoms with E-state index >= 15 is 0 Å². The highest BCUT2D eigenvalue weighted by molar-refractivity contribution is 5.93. The molecule has 2 aliphatic heterocycles. The first-order valence-corrected chi connectivity index (χ1v) is 9.02. The summed E-state index contributed by atoms with van der Waals surface area (Å²) >= 11 is 0. The van der Waals surface area contributed by atoms with E-state index in [1.807, 2.05) is 23.1 Å². The molecule has 7 nitrogen and oxygen atoms in total. The molecule has 0 aromatic carbocycles. The van der Waals surface area contributed by atoms with Gasteiger partial charge in [0.1, 0.15) is 0 Å². The van der Waals surface area contributed by atoms with Gasteiger partial charge in [0.15, 0.2) is 6.39 Å². The molecule has 2 aliphatic rings. The molecule has 2 saturated heterocycles. The number of carbonyl (C=O) groups excluding carboxylic acids is 1. The van der Waals surface area contributed by atoms with Gasteiger partial charge in [-0.05, 0) is 45.3 Å². The molecule has 1 unspecified atom stereocenters. The van der Waals surface area contributed by atoms with Crippen LogP contribution in [0.5, 0.6) is 5.88 Å². The van der Waals surface area contributed by atoms with E-state index in [0.717, 1.165) is 32.5 Å². The zero-order valence-electron chi connectivity index (χ0n) is 15.2. The number of oxazole rings is 1. The van der Waals surface area contributed by atoms with Crippen molar-refractivity contribution in [1.82, 2.24) is 19.8 Å². The second kappa shape index (κ2) is 6.72. The lowest BCUT2D eigenvalue weighted by Gasteiger charge is -2.58. The third-order valence-corrected chi connectivity index (χ3v) is 5.65. The maximum Gasteiger partial charge on any atom is 0.291 e. The van der Waals surface area contributed by atoms with Crippen molar-refractivity contribution in [3.05, 3.63) is 42.2 Å². The number of likely N-dealkylation sites (tertiary alicyclic amines) is 2. The first kappa shape index (κ1) is 17.0. The fourth-order valence-electron chi connectivity index (χ4n) is 4.02. The van der Waals surface area contributed by atoms with Crippen molar-refractivity contribution in [1.29, 1.82) is 0 Å². The second-order valence-corrected chi connectivity index (χ2v) is 7.41. The number of pyridine rings is 1. The highest BCUT2D eigenvalue weighted by Gasteiger charge is 2.51. The molecule has 2 fully saturated rings. The van der Waals surface area contributed by atoms with Crippen LogP contribution in [0.4, 0.5) is 0 Å². The van der Waals surface area contributed by atoms with Crippen LogP contribution in [0.2, 0.25) is 0 Å². The Hall–Kier alpha value is -2.41. The highest BCUT2D eigenvalue weighted by atomic mass is 16.5. The van der Waals surface area contributed by atoms with E-state index in [4.69, 9.17) is 9.15 Å². The summed E-state index contributed by atoms with van der Waals surface area (Å²) in [7, 11) is 2.15. The Morgan fingerprint density at radius 3 is 2.92 bits per heavy atom. The Morgan fingerprint density at radius 1 is 1.38 bits per heavy atom. The van der Waals surface area contributed by atoms with Crippen LogP contribution in [-0.2, 0) is 0 Å². The van der Waals surface area contributed by atoms with Gasteiger partial charge in [0, 0.05) is 25.4 Å². The van der Waals surface area contributed by atoms with Crippen LogP contribution in [0.25, 0.3) is 0 Å². The van der Waals surface area contributed by atoms with Crippen molar-refractivity contribution in [2.45, 2.75) is 25.3 Å². The number of aromatic nitrogens is 2. The van der Waals surface area contributed by atoms with E-state index in [0.29, 0.717) is 29.9 Å². The number of rotatable bonds is 4. The van der Waals surface area contributed by atoms with E-state index in [9.17, 15) is 4.79 Å². The number of piperidine rings is 1. The van der Waals surface area contributed by atoms with E-state index in [1.165, 1.54) is 6.39 Å². The lowest BCUT2D eigenvalue weighted by Crippen LogP contribution is -2.72. The van der Waals surface area contributed by atoms with Gasteiger partial charge < -0.3 is 14.1 Å². The number of aryl methyl sites for hydroxylation is 1. The number of hydrogen-bond acceptors (Lipinski definition) is 6. The molecule has 1 amide bonds. The van der Waals surface area contributed by atoms with E-state index in [-0.39, 0.29) is 11.4 Å². The molecule has 26 heavy (non-hydrogen) atoms. The Bertz CT molecular complexity index is 770. The van der Waals surface area contributed by atoms with Crippen LogP contribution in [-0.4, -0.2) is 64.5 Å². The monoisotopic (exact) mass is 356 g/mol. The zero-order chi connectivity index (χ0) is 18.1. The molecule has 1 atom stereocenters. The van der Waals surface area contributed by atoms with Gasteiger partial charge in [0.25, 0.3) is 5.91 Å². The van der Waals surface area contributed by atoms with Crippen molar-refractivity contribution in [3.63, 3.8) is 0 Å². The number of ether oxygens (including phenoxy) is 1. The zero-order valence-corrected chi connectivity index (χ0v) is 15.2. The number of hydrogen-bond donors (Lipinski definition) is 0. The van der Waals surface area contributed by atoms with Crippen LogP contribution >= 0.6 is 0 Å².